The first-order valence-electron chi connectivity index (χ1n) is 12.1. The Labute approximate surface area is 253 Å². The van der Waals surface area contributed by atoms with Crippen molar-refractivity contribution in [3.63, 3.8) is 0 Å². The predicted octanol–water partition coefficient (Wildman–Crippen LogP) is -2.39. The minimum absolute atomic E-state index is 0. The Bertz CT molecular complexity index is 1620. The highest BCUT2D eigenvalue weighted by Crippen LogP contribution is 2.22. The normalized spacial score (nSPS) is 10.4. The second-order valence-corrected chi connectivity index (χ2v) is 8.94. The van der Waals surface area contributed by atoms with E-state index in [0.717, 1.165) is 28.2 Å². The molecule has 40 heavy (non-hydrogen) atoms. The molecule has 10 heteroatoms. The second-order valence-electron chi connectivity index (χ2n) is 8.94. The number of carbonyl (C=O) groups excluding carboxylic acids is 2. The zero-order chi connectivity index (χ0) is 26.6. The molecule has 5 rings (SSSR count). The van der Waals surface area contributed by atoms with Crippen LogP contribution < -0.4 is 52.6 Å². The molecule has 3 aromatic heterocycles. The van der Waals surface area contributed by atoms with Crippen LogP contribution in [0.3, 0.4) is 0 Å². The van der Waals surface area contributed by atoms with Gasteiger partial charge in [0.1, 0.15) is 17.3 Å². The number of Topliss-reactive ketones (excluding diaryl/α,β-unsaturated/α-hetero) is 2. The molecule has 0 N–H and O–H groups in total. The van der Waals surface area contributed by atoms with Crippen LogP contribution in [-0.2, 0) is 20.1 Å². The van der Waals surface area contributed by atoms with Gasteiger partial charge in [-0.15, -0.1) is 0 Å². The van der Waals surface area contributed by atoms with Crippen molar-refractivity contribution in [2.45, 2.75) is 13.1 Å². The van der Waals surface area contributed by atoms with Gasteiger partial charge in [-0.25, -0.2) is 4.98 Å². The van der Waals surface area contributed by atoms with Crippen LogP contribution in [0.15, 0.2) is 91.5 Å². The molecule has 0 bridgehead atoms. The van der Waals surface area contributed by atoms with Crippen LogP contribution in [-0.4, -0.2) is 35.3 Å². The summed E-state index contributed by atoms with van der Waals surface area (Å²) in [7, 11) is 5.16. The lowest BCUT2D eigenvalue weighted by Gasteiger charge is -2.03. The van der Waals surface area contributed by atoms with Crippen molar-refractivity contribution < 1.29 is 62.2 Å². The molecule has 0 fully saturated rings. The molecule has 5 aromatic rings. The number of fused-ring (bicyclic) bond motifs is 1. The molecule has 2 aromatic carbocycles. The molecule has 0 saturated heterocycles. The number of halogens is 2. The van der Waals surface area contributed by atoms with E-state index < -0.39 is 0 Å². The molecule has 0 aliphatic carbocycles. The molecule has 0 aliphatic heterocycles. The van der Waals surface area contributed by atoms with Gasteiger partial charge in [0, 0.05) is 41.9 Å². The van der Waals surface area contributed by atoms with Gasteiger partial charge in [-0.3, -0.25) is 9.59 Å². The van der Waals surface area contributed by atoms with E-state index in [1.807, 2.05) is 63.7 Å². The van der Waals surface area contributed by atoms with Crippen molar-refractivity contribution in [2.75, 3.05) is 14.2 Å². The SMILES string of the molecule is COc1ccc(C(=O)C[n+]2ccc(-c3nc4c[n+](CC(=O)c5ccc(OC)cc5)ccc4n3C)cc2)cc1.[Br-].[Br-]. The first kappa shape index (κ1) is 30.6. The summed E-state index contributed by atoms with van der Waals surface area (Å²) in [5, 5.41) is 0. The van der Waals surface area contributed by atoms with E-state index in [1.165, 1.54) is 0 Å². The molecular formula is C30H28Br2N4O4. The van der Waals surface area contributed by atoms with Crippen molar-refractivity contribution >= 4 is 22.6 Å². The van der Waals surface area contributed by atoms with Crippen molar-refractivity contribution in [2.24, 2.45) is 7.05 Å². The fraction of sp³-hybridized carbons (Fsp3) is 0.167. The zero-order valence-electron chi connectivity index (χ0n) is 22.3. The van der Waals surface area contributed by atoms with Gasteiger partial charge in [-0.2, -0.15) is 9.13 Å². The van der Waals surface area contributed by atoms with Gasteiger partial charge < -0.3 is 48.0 Å². The lowest BCUT2D eigenvalue weighted by atomic mass is 10.1. The number of rotatable bonds is 9. The highest BCUT2D eigenvalue weighted by Gasteiger charge is 2.18. The van der Waals surface area contributed by atoms with Crippen LogP contribution in [0.5, 0.6) is 11.5 Å². The number of imidazole rings is 1. The van der Waals surface area contributed by atoms with Crippen LogP contribution >= 0.6 is 0 Å². The van der Waals surface area contributed by atoms with Crippen molar-refractivity contribution in [3.05, 3.63) is 103 Å². The third-order valence-electron chi connectivity index (χ3n) is 6.51. The summed E-state index contributed by atoms with van der Waals surface area (Å²) in [5.74, 6) is 2.25. The molecule has 0 spiro atoms. The van der Waals surface area contributed by atoms with Crippen LogP contribution in [0.1, 0.15) is 20.7 Å². The molecular weight excluding hydrogens is 640 g/mol. The van der Waals surface area contributed by atoms with E-state index in [2.05, 4.69) is 0 Å². The largest absolute Gasteiger partial charge is 1.00 e. The van der Waals surface area contributed by atoms with Gasteiger partial charge in [-0.05, 0) is 48.5 Å². The van der Waals surface area contributed by atoms with E-state index in [4.69, 9.17) is 14.5 Å². The van der Waals surface area contributed by atoms with Crippen molar-refractivity contribution in [1.82, 2.24) is 9.55 Å². The van der Waals surface area contributed by atoms with Crippen LogP contribution in [0.2, 0.25) is 0 Å². The average Bonchev–Trinajstić information content (AvgIpc) is 3.28. The number of hydrogen-bond donors (Lipinski definition) is 0. The number of ether oxygens (including phenoxy) is 2. The quantitative estimate of drug-likeness (QED) is 0.130. The van der Waals surface area contributed by atoms with Gasteiger partial charge in [0.15, 0.2) is 30.3 Å². The summed E-state index contributed by atoms with van der Waals surface area (Å²) in [6.07, 6.45) is 7.53. The van der Waals surface area contributed by atoms with E-state index in [-0.39, 0.29) is 58.6 Å². The Morgan fingerprint density at radius 3 is 1.70 bits per heavy atom. The molecule has 206 valence electrons. The number of aromatic nitrogens is 4. The van der Waals surface area contributed by atoms with E-state index in [1.54, 1.807) is 62.8 Å². The number of ketones is 2. The van der Waals surface area contributed by atoms with E-state index in [0.29, 0.717) is 16.9 Å². The molecule has 0 atom stereocenters. The van der Waals surface area contributed by atoms with Gasteiger partial charge in [0.25, 0.3) is 0 Å². The number of nitrogens with zero attached hydrogens (tertiary/aromatic N) is 4. The van der Waals surface area contributed by atoms with E-state index >= 15 is 0 Å². The van der Waals surface area contributed by atoms with Gasteiger partial charge in [0.2, 0.25) is 24.7 Å². The number of hydrogen-bond acceptors (Lipinski definition) is 5. The van der Waals surface area contributed by atoms with Crippen molar-refractivity contribution in [1.29, 1.82) is 0 Å². The summed E-state index contributed by atoms with van der Waals surface area (Å²) in [4.78, 5) is 30.2. The highest BCUT2D eigenvalue weighted by molar-refractivity contribution is 5.95. The number of aryl methyl sites for hydroxylation is 1. The standard InChI is InChI=1S/C30H28N4O4.2BrH/c1-32-27-14-17-34(20-29(36)22-6-10-25(38-3)11-7-22)18-26(27)31-30(32)23-12-15-33(16-13-23)19-28(35)21-4-8-24(37-2)9-5-21;;/h4-18H,19-20H2,1-3H3;2*1H/q+2;;/p-2. The summed E-state index contributed by atoms with van der Waals surface area (Å²) in [6.45, 7) is 0.444. The molecule has 8 nitrogen and oxygen atoms in total. The summed E-state index contributed by atoms with van der Waals surface area (Å²) in [6, 6.07) is 20.1. The Balaban J connectivity index is 0.00000220. The Morgan fingerprint density at radius 2 is 1.20 bits per heavy atom. The summed E-state index contributed by atoms with van der Waals surface area (Å²) >= 11 is 0. The summed E-state index contributed by atoms with van der Waals surface area (Å²) < 4.78 is 16.0. The smallest absolute Gasteiger partial charge is 0.227 e. The molecule has 0 aliphatic rings. The maximum Gasteiger partial charge on any atom is 0.227 e. The minimum Gasteiger partial charge on any atom is -1.00 e. The Kier molecular flexibility index (Phi) is 10.3. The summed E-state index contributed by atoms with van der Waals surface area (Å²) in [5.41, 5.74) is 3.94. The third kappa shape index (κ3) is 6.63. The first-order valence-corrected chi connectivity index (χ1v) is 12.1. The average molecular weight is 668 g/mol. The maximum absolute atomic E-state index is 12.8. The van der Waals surface area contributed by atoms with Crippen LogP contribution in [0, 0.1) is 0 Å². The van der Waals surface area contributed by atoms with Gasteiger partial charge in [0.05, 0.1) is 19.7 Å². The number of carbonyl (C=O) groups is 2. The number of benzene rings is 2. The zero-order valence-corrected chi connectivity index (χ0v) is 25.4. The first-order chi connectivity index (χ1) is 18.4. The molecule has 3 heterocycles. The third-order valence-corrected chi connectivity index (χ3v) is 6.51. The van der Waals surface area contributed by atoms with Gasteiger partial charge >= 0.3 is 0 Å². The van der Waals surface area contributed by atoms with Gasteiger partial charge in [-0.1, -0.05) is 0 Å². The molecule has 0 radical (unpaired) electrons. The lowest BCUT2D eigenvalue weighted by Crippen LogP contribution is -3.00. The second kappa shape index (κ2) is 13.5. The van der Waals surface area contributed by atoms with Crippen molar-refractivity contribution in [3.8, 4) is 22.9 Å². The Morgan fingerprint density at radius 1 is 0.725 bits per heavy atom. The monoisotopic (exact) mass is 666 g/mol. The molecule has 0 amide bonds. The predicted molar refractivity (Wildman–Crippen MR) is 141 cm³/mol. The van der Waals surface area contributed by atoms with Crippen LogP contribution in [0.4, 0.5) is 0 Å². The highest BCUT2D eigenvalue weighted by atomic mass is 79.9. The Hall–Kier alpha value is -3.89. The van der Waals surface area contributed by atoms with E-state index in [9.17, 15) is 9.59 Å². The number of pyridine rings is 2. The topological polar surface area (TPSA) is 78.2 Å². The molecule has 0 unspecified atom stereocenters. The minimum atomic E-state index is 0. The fourth-order valence-corrected chi connectivity index (χ4v) is 4.33. The fourth-order valence-electron chi connectivity index (χ4n) is 4.33. The van der Waals surface area contributed by atoms with Crippen LogP contribution in [0.25, 0.3) is 22.4 Å². The maximum atomic E-state index is 12.8. The molecule has 0 saturated carbocycles. The lowest BCUT2D eigenvalue weighted by molar-refractivity contribution is -0.683. The number of methoxy groups -OCH3 is 2.